The first kappa shape index (κ1) is 25.4. The van der Waals surface area contributed by atoms with E-state index < -0.39 is 6.04 Å². The van der Waals surface area contributed by atoms with Crippen molar-refractivity contribution in [2.75, 3.05) is 13.7 Å². The maximum Gasteiger partial charge on any atom is 0.242 e. The van der Waals surface area contributed by atoms with Gasteiger partial charge in [-0.25, -0.2) is 0 Å². The van der Waals surface area contributed by atoms with Crippen LogP contribution in [0.1, 0.15) is 63.6 Å². The van der Waals surface area contributed by atoms with Crippen LogP contribution in [0, 0.1) is 5.92 Å². The number of carbonyl (C=O) groups excluding carboxylic acids is 2. The van der Waals surface area contributed by atoms with Gasteiger partial charge < -0.3 is 15.0 Å². The maximum absolute atomic E-state index is 13.2. The van der Waals surface area contributed by atoms with E-state index >= 15 is 0 Å². The number of nitrogens with one attached hydrogen (secondary N) is 1. The molecule has 0 aliphatic carbocycles. The van der Waals surface area contributed by atoms with Crippen LogP contribution >= 0.6 is 0 Å². The highest BCUT2D eigenvalue weighted by atomic mass is 16.5. The van der Waals surface area contributed by atoms with E-state index in [0.717, 1.165) is 16.9 Å². The van der Waals surface area contributed by atoms with Gasteiger partial charge in [-0.15, -0.1) is 0 Å². The Labute approximate surface area is 193 Å². The highest BCUT2D eigenvalue weighted by molar-refractivity contribution is 5.87. The van der Waals surface area contributed by atoms with Crippen molar-refractivity contribution in [3.8, 4) is 5.75 Å². The van der Waals surface area contributed by atoms with E-state index in [4.69, 9.17) is 4.74 Å². The molecule has 0 bridgehead atoms. The largest absolute Gasteiger partial charge is 0.497 e. The lowest BCUT2D eigenvalue weighted by atomic mass is 10.00. The zero-order valence-electron chi connectivity index (χ0n) is 20.4. The van der Waals surface area contributed by atoms with Crippen LogP contribution in [0.4, 0.5) is 0 Å². The molecule has 2 aromatic rings. The van der Waals surface area contributed by atoms with Crippen LogP contribution in [0.5, 0.6) is 5.75 Å². The van der Waals surface area contributed by atoms with E-state index in [0.29, 0.717) is 37.8 Å². The number of nitrogens with zero attached hydrogens (tertiary/aromatic N) is 1. The number of benzene rings is 2. The molecule has 0 spiro atoms. The molecule has 0 heterocycles. The van der Waals surface area contributed by atoms with Gasteiger partial charge in [-0.1, -0.05) is 64.1 Å². The fourth-order valence-corrected chi connectivity index (χ4v) is 3.43. The molecule has 0 saturated heterocycles. The summed E-state index contributed by atoms with van der Waals surface area (Å²) < 4.78 is 5.23. The van der Waals surface area contributed by atoms with E-state index in [-0.39, 0.29) is 11.8 Å². The minimum absolute atomic E-state index is 0.0269. The molecule has 1 atom stereocenters. The van der Waals surface area contributed by atoms with Crippen molar-refractivity contribution in [3.63, 3.8) is 0 Å². The fourth-order valence-electron chi connectivity index (χ4n) is 3.43. The van der Waals surface area contributed by atoms with E-state index in [2.05, 4.69) is 57.3 Å². The topological polar surface area (TPSA) is 58.6 Å². The molecule has 32 heavy (non-hydrogen) atoms. The number of methoxy groups -OCH3 is 1. The molecule has 2 rings (SSSR count). The number of aryl methyl sites for hydroxylation is 1. The second kappa shape index (κ2) is 12.3. The zero-order chi connectivity index (χ0) is 23.7. The normalized spacial score (nSPS) is 12.0. The predicted octanol–water partition coefficient (Wildman–Crippen LogP) is 4.94. The van der Waals surface area contributed by atoms with Crippen LogP contribution in [0.15, 0.2) is 48.5 Å². The monoisotopic (exact) mass is 438 g/mol. The summed E-state index contributed by atoms with van der Waals surface area (Å²) in [5, 5.41) is 2.96. The van der Waals surface area contributed by atoms with Gasteiger partial charge in [0.1, 0.15) is 11.8 Å². The maximum atomic E-state index is 13.2. The minimum atomic E-state index is -0.549. The molecule has 2 aromatic carbocycles. The molecule has 5 heteroatoms. The molecular weight excluding hydrogens is 400 g/mol. The molecule has 0 saturated carbocycles. The standard InChI is InChI=1S/C27H38N2O3/c1-19(2)17-28-27(31)21(5)29(18-23-9-14-25(32-6)15-10-23)26(30)16-11-22-7-12-24(13-8-22)20(3)4/h7-10,12-15,19-21H,11,16-18H2,1-6H3,(H,28,31). The molecule has 0 aliphatic rings. The van der Waals surface area contributed by atoms with Crippen molar-refractivity contribution in [1.82, 2.24) is 10.2 Å². The number of ether oxygens (including phenoxy) is 1. The highest BCUT2D eigenvalue weighted by Gasteiger charge is 2.26. The minimum Gasteiger partial charge on any atom is -0.497 e. The summed E-state index contributed by atoms with van der Waals surface area (Å²) in [5.74, 6) is 1.45. The third kappa shape index (κ3) is 7.70. The molecule has 5 nitrogen and oxygen atoms in total. The van der Waals surface area contributed by atoms with E-state index in [1.807, 2.05) is 24.3 Å². The SMILES string of the molecule is COc1ccc(CN(C(=O)CCc2ccc(C(C)C)cc2)C(C)C(=O)NCC(C)C)cc1. The Morgan fingerprint density at radius 2 is 1.50 bits per heavy atom. The van der Waals surface area contributed by atoms with Crippen molar-refractivity contribution in [2.45, 2.75) is 66.0 Å². The molecule has 0 radical (unpaired) electrons. The predicted molar refractivity (Wildman–Crippen MR) is 130 cm³/mol. The Hall–Kier alpha value is -2.82. The van der Waals surface area contributed by atoms with Crippen LogP contribution < -0.4 is 10.1 Å². The fraction of sp³-hybridized carbons (Fsp3) is 0.481. The van der Waals surface area contributed by atoms with Crippen molar-refractivity contribution in [3.05, 3.63) is 65.2 Å². The molecule has 0 aliphatic heterocycles. The van der Waals surface area contributed by atoms with Gasteiger partial charge in [-0.05, 0) is 54.0 Å². The summed E-state index contributed by atoms with van der Waals surface area (Å²) in [6.45, 7) is 11.2. The molecule has 2 amide bonds. The zero-order valence-corrected chi connectivity index (χ0v) is 20.4. The summed E-state index contributed by atoms with van der Waals surface area (Å²) >= 11 is 0. The molecule has 174 valence electrons. The number of carbonyl (C=O) groups is 2. The van der Waals surface area contributed by atoms with Crippen LogP contribution in [0.2, 0.25) is 0 Å². The van der Waals surface area contributed by atoms with Crippen LogP contribution in [-0.4, -0.2) is 36.4 Å². The quantitative estimate of drug-likeness (QED) is 0.541. The summed E-state index contributed by atoms with van der Waals surface area (Å²) in [4.78, 5) is 27.6. The Balaban J connectivity index is 2.11. The third-order valence-corrected chi connectivity index (χ3v) is 5.64. The van der Waals surface area contributed by atoms with E-state index in [1.165, 1.54) is 5.56 Å². The second-order valence-electron chi connectivity index (χ2n) is 9.08. The number of hydrogen-bond donors (Lipinski definition) is 1. The Morgan fingerprint density at radius 1 is 0.906 bits per heavy atom. The smallest absolute Gasteiger partial charge is 0.242 e. The number of hydrogen-bond acceptors (Lipinski definition) is 3. The van der Waals surface area contributed by atoms with Gasteiger partial charge in [0.25, 0.3) is 0 Å². The first-order valence-corrected chi connectivity index (χ1v) is 11.5. The Morgan fingerprint density at radius 3 is 2.03 bits per heavy atom. The number of rotatable bonds is 11. The molecule has 0 aromatic heterocycles. The second-order valence-corrected chi connectivity index (χ2v) is 9.08. The average Bonchev–Trinajstić information content (AvgIpc) is 2.79. The lowest BCUT2D eigenvalue weighted by Crippen LogP contribution is -2.48. The van der Waals surface area contributed by atoms with E-state index in [1.54, 1.807) is 18.9 Å². The first-order valence-electron chi connectivity index (χ1n) is 11.5. The van der Waals surface area contributed by atoms with Gasteiger partial charge in [0.15, 0.2) is 0 Å². The van der Waals surface area contributed by atoms with Gasteiger partial charge in [-0.2, -0.15) is 0 Å². The lowest BCUT2D eigenvalue weighted by Gasteiger charge is -2.29. The first-order chi connectivity index (χ1) is 15.2. The highest BCUT2D eigenvalue weighted by Crippen LogP contribution is 2.18. The average molecular weight is 439 g/mol. The Kier molecular flexibility index (Phi) is 9.76. The number of amides is 2. The van der Waals surface area contributed by atoms with Crippen molar-refractivity contribution < 1.29 is 14.3 Å². The molecule has 0 fully saturated rings. The molecule has 1 unspecified atom stereocenters. The van der Waals surface area contributed by atoms with Gasteiger partial charge in [0, 0.05) is 19.5 Å². The molecular formula is C27H38N2O3. The van der Waals surface area contributed by atoms with Crippen LogP contribution in [0.25, 0.3) is 0 Å². The van der Waals surface area contributed by atoms with Crippen LogP contribution in [0.3, 0.4) is 0 Å². The van der Waals surface area contributed by atoms with Gasteiger partial charge in [0.2, 0.25) is 11.8 Å². The van der Waals surface area contributed by atoms with E-state index in [9.17, 15) is 9.59 Å². The summed E-state index contributed by atoms with van der Waals surface area (Å²) in [5.41, 5.74) is 3.38. The van der Waals surface area contributed by atoms with Crippen LogP contribution in [-0.2, 0) is 22.6 Å². The lowest BCUT2D eigenvalue weighted by molar-refractivity contribution is -0.140. The van der Waals surface area contributed by atoms with Crippen molar-refractivity contribution in [1.29, 1.82) is 0 Å². The van der Waals surface area contributed by atoms with Gasteiger partial charge in [0.05, 0.1) is 7.11 Å². The summed E-state index contributed by atoms with van der Waals surface area (Å²) in [7, 11) is 1.62. The van der Waals surface area contributed by atoms with Gasteiger partial charge >= 0.3 is 0 Å². The van der Waals surface area contributed by atoms with Gasteiger partial charge in [-0.3, -0.25) is 9.59 Å². The summed E-state index contributed by atoms with van der Waals surface area (Å²) in [6.07, 6.45) is 1.01. The Bertz CT molecular complexity index is 857. The molecule has 1 N–H and O–H groups in total. The van der Waals surface area contributed by atoms with Crippen molar-refractivity contribution in [2.24, 2.45) is 5.92 Å². The summed E-state index contributed by atoms with van der Waals surface area (Å²) in [6, 6.07) is 15.5. The third-order valence-electron chi connectivity index (χ3n) is 5.64. The van der Waals surface area contributed by atoms with Crippen molar-refractivity contribution >= 4 is 11.8 Å².